The highest BCUT2D eigenvalue weighted by Crippen LogP contribution is 2.30. The minimum Gasteiger partial charge on any atom is -0.496 e. The topological polar surface area (TPSA) is 59.9 Å². The molecule has 0 unspecified atom stereocenters. The molecule has 6 heteroatoms. The summed E-state index contributed by atoms with van der Waals surface area (Å²) in [5.41, 5.74) is 1.37. The Morgan fingerprint density at radius 3 is 2.89 bits per heavy atom. The second kappa shape index (κ2) is 8.20. The highest BCUT2D eigenvalue weighted by atomic mass is 19.1. The molecule has 1 amide bonds. The number of nitrogens with one attached hydrogen (secondary N) is 1. The smallest absolute Gasteiger partial charge is 0.267 e. The Labute approximate surface area is 158 Å². The molecule has 1 aliphatic heterocycles. The van der Waals surface area contributed by atoms with E-state index in [1.165, 1.54) is 12.1 Å². The SMILES string of the molecule is COc1ccccc1C1=NO[C@@](C)(C(=O)NCCCc2cccc(F)c2)C1. The second-order valence-electron chi connectivity index (χ2n) is 6.73. The average Bonchev–Trinajstić information content (AvgIpc) is 3.08. The molecule has 0 saturated heterocycles. The Kier molecular flexibility index (Phi) is 5.74. The molecule has 142 valence electrons. The van der Waals surface area contributed by atoms with Crippen molar-refractivity contribution in [2.75, 3.05) is 13.7 Å². The Hall–Kier alpha value is -2.89. The van der Waals surface area contributed by atoms with Crippen molar-refractivity contribution < 1.29 is 18.8 Å². The highest BCUT2D eigenvalue weighted by Gasteiger charge is 2.42. The second-order valence-corrected chi connectivity index (χ2v) is 6.73. The summed E-state index contributed by atoms with van der Waals surface area (Å²) in [7, 11) is 1.60. The van der Waals surface area contributed by atoms with Crippen LogP contribution in [0.1, 0.15) is 30.9 Å². The zero-order valence-electron chi connectivity index (χ0n) is 15.5. The molecular weight excluding hydrogens is 347 g/mol. The monoisotopic (exact) mass is 370 g/mol. The van der Waals surface area contributed by atoms with Gasteiger partial charge in [0.15, 0.2) is 0 Å². The van der Waals surface area contributed by atoms with Crippen LogP contribution < -0.4 is 10.1 Å². The Morgan fingerprint density at radius 2 is 2.11 bits per heavy atom. The van der Waals surface area contributed by atoms with Crippen LogP contribution >= 0.6 is 0 Å². The quantitative estimate of drug-likeness (QED) is 0.760. The third kappa shape index (κ3) is 4.45. The molecule has 1 atom stereocenters. The zero-order chi connectivity index (χ0) is 19.3. The maximum atomic E-state index is 13.2. The summed E-state index contributed by atoms with van der Waals surface area (Å²) < 4.78 is 18.5. The number of benzene rings is 2. The summed E-state index contributed by atoms with van der Waals surface area (Å²) in [6, 6.07) is 14.0. The third-order valence-corrected chi connectivity index (χ3v) is 4.58. The molecule has 2 aromatic carbocycles. The lowest BCUT2D eigenvalue weighted by atomic mass is 9.94. The van der Waals surface area contributed by atoms with Gasteiger partial charge in [-0.1, -0.05) is 29.4 Å². The fraction of sp³-hybridized carbons (Fsp3) is 0.333. The van der Waals surface area contributed by atoms with E-state index < -0.39 is 5.60 Å². The number of hydrogen-bond donors (Lipinski definition) is 1. The summed E-state index contributed by atoms with van der Waals surface area (Å²) in [6.45, 7) is 2.21. The van der Waals surface area contributed by atoms with Crippen molar-refractivity contribution in [1.82, 2.24) is 5.32 Å². The number of aryl methyl sites for hydroxylation is 1. The van der Waals surface area contributed by atoms with E-state index in [4.69, 9.17) is 9.57 Å². The molecule has 2 aromatic rings. The van der Waals surface area contributed by atoms with Gasteiger partial charge in [-0.3, -0.25) is 4.79 Å². The van der Waals surface area contributed by atoms with E-state index in [0.717, 1.165) is 11.1 Å². The average molecular weight is 370 g/mol. The summed E-state index contributed by atoms with van der Waals surface area (Å²) in [5.74, 6) is 0.236. The van der Waals surface area contributed by atoms with E-state index in [1.54, 1.807) is 20.1 Å². The largest absolute Gasteiger partial charge is 0.496 e. The molecule has 0 radical (unpaired) electrons. The van der Waals surface area contributed by atoms with Crippen molar-refractivity contribution in [3.63, 3.8) is 0 Å². The first-order valence-electron chi connectivity index (χ1n) is 8.93. The lowest BCUT2D eigenvalue weighted by molar-refractivity contribution is -0.141. The number of para-hydroxylation sites is 1. The van der Waals surface area contributed by atoms with Crippen LogP contribution in [0.5, 0.6) is 5.75 Å². The van der Waals surface area contributed by atoms with Gasteiger partial charge < -0.3 is 14.9 Å². The fourth-order valence-electron chi connectivity index (χ4n) is 3.06. The van der Waals surface area contributed by atoms with Crippen LogP contribution in [0.4, 0.5) is 4.39 Å². The van der Waals surface area contributed by atoms with Crippen molar-refractivity contribution in [3.05, 3.63) is 65.5 Å². The van der Waals surface area contributed by atoms with Gasteiger partial charge in [0.25, 0.3) is 5.91 Å². The van der Waals surface area contributed by atoms with Gasteiger partial charge in [-0.15, -0.1) is 0 Å². The van der Waals surface area contributed by atoms with Crippen LogP contribution in [0.15, 0.2) is 53.7 Å². The standard InChI is InChI=1S/C21H23FN2O3/c1-21(14-18(24-27-21)17-10-3-4-11-19(17)26-2)20(25)23-12-6-8-15-7-5-9-16(22)13-15/h3-5,7,9-11,13H,6,8,12,14H2,1-2H3,(H,23,25)/t21-/m1/s1. The van der Waals surface area contributed by atoms with Gasteiger partial charge in [-0.25, -0.2) is 4.39 Å². The summed E-state index contributed by atoms with van der Waals surface area (Å²) in [4.78, 5) is 18.0. The van der Waals surface area contributed by atoms with Crippen LogP contribution in [0.3, 0.4) is 0 Å². The first-order chi connectivity index (χ1) is 13.0. The normalized spacial score (nSPS) is 18.6. The van der Waals surface area contributed by atoms with E-state index in [1.807, 2.05) is 30.3 Å². The number of hydrogen-bond acceptors (Lipinski definition) is 4. The number of methoxy groups -OCH3 is 1. The van der Waals surface area contributed by atoms with Crippen molar-refractivity contribution in [3.8, 4) is 5.75 Å². The van der Waals surface area contributed by atoms with Crippen LogP contribution in [-0.4, -0.2) is 30.9 Å². The van der Waals surface area contributed by atoms with E-state index in [9.17, 15) is 9.18 Å². The molecule has 3 rings (SSSR count). The van der Waals surface area contributed by atoms with Gasteiger partial charge in [-0.2, -0.15) is 0 Å². The van der Waals surface area contributed by atoms with Crippen molar-refractivity contribution in [1.29, 1.82) is 0 Å². The van der Waals surface area contributed by atoms with Crippen molar-refractivity contribution in [2.24, 2.45) is 5.16 Å². The molecule has 1 heterocycles. The van der Waals surface area contributed by atoms with Gasteiger partial charge in [0.2, 0.25) is 5.60 Å². The van der Waals surface area contributed by atoms with E-state index in [-0.39, 0.29) is 11.7 Å². The van der Waals surface area contributed by atoms with Gasteiger partial charge in [-0.05, 0) is 49.6 Å². The predicted octanol–water partition coefficient (Wildman–Crippen LogP) is 3.47. The van der Waals surface area contributed by atoms with Gasteiger partial charge >= 0.3 is 0 Å². The molecule has 0 saturated carbocycles. The molecule has 0 aromatic heterocycles. The molecule has 0 aliphatic carbocycles. The number of oxime groups is 1. The number of carbonyl (C=O) groups excluding carboxylic acids is 1. The van der Waals surface area contributed by atoms with E-state index in [0.29, 0.717) is 37.3 Å². The summed E-state index contributed by atoms with van der Waals surface area (Å²) in [6.07, 6.45) is 1.77. The maximum Gasteiger partial charge on any atom is 0.267 e. The van der Waals surface area contributed by atoms with Crippen molar-refractivity contribution >= 4 is 11.6 Å². The molecule has 0 spiro atoms. The molecule has 27 heavy (non-hydrogen) atoms. The molecule has 1 aliphatic rings. The van der Waals surface area contributed by atoms with Gasteiger partial charge in [0.1, 0.15) is 11.6 Å². The molecule has 0 fully saturated rings. The predicted molar refractivity (Wildman–Crippen MR) is 101 cm³/mol. The lowest BCUT2D eigenvalue weighted by Gasteiger charge is -2.20. The molecule has 0 bridgehead atoms. The lowest BCUT2D eigenvalue weighted by Crippen LogP contribution is -2.45. The molecule has 1 N–H and O–H groups in total. The van der Waals surface area contributed by atoms with E-state index >= 15 is 0 Å². The molecule has 5 nitrogen and oxygen atoms in total. The fourth-order valence-corrected chi connectivity index (χ4v) is 3.06. The molecular formula is C21H23FN2O3. The maximum absolute atomic E-state index is 13.2. The zero-order valence-corrected chi connectivity index (χ0v) is 15.5. The van der Waals surface area contributed by atoms with Gasteiger partial charge in [0.05, 0.1) is 12.8 Å². The highest BCUT2D eigenvalue weighted by molar-refractivity contribution is 6.07. The first kappa shape index (κ1) is 18.9. The first-order valence-corrected chi connectivity index (χ1v) is 8.93. The minimum atomic E-state index is -1.05. The number of amides is 1. The summed E-state index contributed by atoms with van der Waals surface area (Å²) >= 11 is 0. The number of rotatable bonds is 7. The van der Waals surface area contributed by atoms with Gasteiger partial charge in [0, 0.05) is 18.5 Å². The third-order valence-electron chi connectivity index (χ3n) is 4.58. The Bertz CT molecular complexity index is 853. The minimum absolute atomic E-state index is 0.213. The summed E-state index contributed by atoms with van der Waals surface area (Å²) in [5, 5.41) is 7.00. The van der Waals surface area contributed by atoms with Crippen molar-refractivity contribution in [2.45, 2.75) is 31.8 Å². The van der Waals surface area contributed by atoms with E-state index in [2.05, 4.69) is 10.5 Å². The van der Waals surface area contributed by atoms with Crippen LogP contribution in [-0.2, 0) is 16.1 Å². The number of ether oxygens (including phenoxy) is 1. The van der Waals surface area contributed by atoms with Crippen LogP contribution in [0.25, 0.3) is 0 Å². The Balaban J connectivity index is 1.52. The van der Waals surface area contributed by atoms with Crippen LogP contribution in [0.2, 0.25) is 0 Å². The Morgan fingerprint density at radius 1 is 1.30 bits per heavy atom. The number of halogens is 1. The number of nitrogens with zero attached hydrogens (tertiary/aromatic N) is 1. The van der Waals surface area contributed by atoms with Crippen LogP contribution in [0, 0.1) is 5.82 Å². The number of carbonyl (C=O) groups is 1.